The number of nitrogens with zero attached hydrogens (tertiary/aromatic N) is 1. The summed E-state index contributed by atoms with van der Waals surface area (Å²) in [6.45, 7) is 3.81. The number of thioether (sulfide) groups is 1. The quantitative estimate of drug-likeness (QED) is 0.720. The molecule has 144 valence electrons. The topological polar surface area (TPSA) is 105 Å². The second-order valence-electron chi connectivity index (χ2n) is 7.33. The Bertz CT molecular complexity index is 826. The van der Waals surface area contributed by atoms with Gasteiger partial charge in [-0.3, -0.25) is 9.59 Å². The Morgan fingerprint density at radius 3 is 2.81 bits per heavy atom. The first kappa shape index (κ1) is 18.0. The summed E-state index contributed by atoms with van der Waals surface area (Å²) in [5.41, 5.74) is 0.943. The van der Waals surface area contributed by atoms with Crippen LogP contribution in [0.3, 0.4) is 0 Å². The van der Waals surface area contributed by atoms with Gasteiger partial charge in [-0.15, -0.1) is 11.8 Å². The van der Waals surface area contributed by atoms with Crippen LogP contribution in [-0.4, -0.2) is 56.8 Å². The van der Waals surface area contributed by atoms with Gasteiger partial charge in [0.05, 0.1) is 0 Å². The highest BCUT2D eigenvalue weighted by Gasteiger charge is 2.64. The number of carboxylic acid groups (broad SMARTS) is 1. The van der Waals surface area contributed by atoms with Gasteiger partial charge in [-0.05, 0) is 38.0 Å². The van der Waals surface area contributed by atoms with Crippen molar-refractivity contribution in [2.24, 2.45) is 0 Å². The lowest BCUT2D eigenvalue weighted by Gasteiger charge is -2.43. The zero-order valence-corrected chi connectivity index (χ0v) is 15.7. The van der Waals surface area contributed by atoms with Crippen LogP contribution in [0.5, 0.6) is 11.5 Å². The average Bonchev–Trinajstić information content (AvgIpc) is 3.17. The molecular formula is C18H20N2O6S. The van der Waals surface area contributed by atoms with Crippen LogP contribution < -0.4 is 14.8 Å². The van der Waals surface area contributed by atoms with Crippen LogP contribution in [0, 0.1) is 0 Å². The predicted octanol–water partition coefficient (Wildman–Crippen LogP) is 0.980. The van der Waals surface area contributed by atoms with E-state index in [1.807, 2.05) is 18.2 Å². The van der Waals surface area contributed by atoms with E-state index in [0.717, 1.165) is 5.56 Å². The van der Waals surface area contributed by atoms with E-state index in [-0.39, 0.29) is 30.4 Å². The molecule has 0 unspecified atom stereocenters. The number of rotatable bonds is 5. The van der Waals surface area contributed by atoms with Gasteiger partial charge < -0.3 is 24.8 Å². The minimum absolute atomic E-state index is 0.201. The van der Waals surface area contributed by atoms with Crippen molar-refractivity contribution in [1.29, 1.82) is 0 Å². The fourth-order valence-electron chi connectivity index (χ4n) is 3.75. The van der Waals surface area contributed by atoms with Crippen molar-refractivity contribution in [2.45, 2.75) is 48.9 Å². The molecule has 3 heterocycles. The zero-order chi connectivity index (χ0) is 19.3. The third-order valence-electron chi connectivity index (χ3n) is 5.07. The first-order chi connectivity index (χ1) is 12.8. The second-order valence-corrected chi connectivity index (χ2v) is 9.10. The molecule has 0 aliphatic carbocycles. The van der Waals surface area contributed by atoms with Crippen molar-refractivity contribution in [2.75, 3.05) is 6.79 Å². The number of nitrogens with one attached hydrogen (secondary N) is 1. The van der Waals surface area contributed by atoms with Gasteiger partial charge in [0.25, 0.3) is 0 Å². The van der Waals surface area contributed by atoms with E-state index in [1.54, 1.807) is 13.8 Å². The Morgan fingerprint density at radius 2 is 2.07 bits per heavy atom. The number of hydrogen-bond acceptors (Lipinski definition) is 6. The summed E-state index contributed by atoms with van der Waals surface area (Å²) >= 11 is 1.41. The Balaban J connectivity index is 1.34. The molecule has 0 aromatic heterocycles. The largest absolute Gasteiger partial charge is 0.480 e. The van der Waals surface area contributed by atoms with Crippen LogP contribution >= 0.6 is 11.8 Å². The summed E-state index contributed by atoms with van der Waals surface area (Å²) < 4.78 is 9.98. The number of ether oxygens (including phenoxy) is 2. The highest BCUT2D eigenvalue weighted by atomic mass is 32.2. The number of hydrogen-bond donors (Lipinski definition) is 2. The van der Waals surface area contributed by atoms with Crippen LogP contribution in [0.4, 0.5) is 0 Å². The number of fused-ring (bicyclic) bond motifs is 2. The Morgan fingerprint density at radius 1 is 1.33 bits per heavy atom. The van der Waals surface area contributed by atoms with E-state index in [1.165, 1.54) is 16.7 Å². The highest BCUT2D eigenvalue weighted by molar-refractivity contribution is 8.01. The predicted molar refractivity (Wildman–Crippen MR) is 96.5 cm³/mol. The molecule has 0 saturated carbocycles. The van der Waals surface area contributed by atoms with Gasteiger partial charge in [0.15, 0.2) is 11.5 Å². The summed E-state index contributed by atoms with van der Waals surface area (Å²) in [6.07, 6.45) is 0.737. The molecule has 2 saturated heterocycles. The van der Waals surface area contributed by atoms with Crippen molar-refractivity contribution in [3.63, 3.8) is 0 Å². The number of amides is 2. The number of benzene rings is 1. The molecule has 3 aliphatic heterocycles. The first-order valence-electron chi connectivity index (χ1n) is 8.68. The van der Waals surface area contributed by atoms with Crippen LogP contribution in [0.15, 0.2) is 18.2 Å². The van der Waals surface area contributed by atoms with Crippen molar-refractivity contribution in [1.82, 2.24) is 10.2 Å². The molecule has 27 heavy (non-hydrogen) atoms. The Hall–Kier alpha value is -2.42. The molecule has 9 heteroatoms. The van der Waals surface area contributed by atoms with Crippen LogP contribution in [0.25, 0.3) is 0 Å². The van der Waals surface area contributed by atoms with E-state index >= 15 is 0 Å². The number of carbonyl (C=O) groups excluding carboxylic acids is 2. The SMILES string of the molecule is CC1(C)S[C@@H]2[C@H](NC(=O)CCc3ccc4c(c3)OCO4)C(=O)N2[C@H]1C(=O)O. The lowest BCUT2D eigenvalue weighted by atomic mass is 9.96. The monoisotopic (exact) mass is 392 g/mol. The van der Waals surface area contributed by atoms with Crippen LogP contribution in [-0.2, 0) is 20.8 Å². The normalized spacial score (nSPS) is 27.1. The summed E-state index contributed by atoms with van der Waals surface area (Å²) in [6, 6.07) is 4.00. The Kier molecular flexibility index (Phi) is 4.21. The van der Waals surface area contributed by atoms with Crippen molar-refractivity contribution in [3.05, 3.63) is 23.8 Å². The average molecular weight is 392 g/mol. The van der Waals surface area contributed by atoms with Gasteiger partial charge in [-0.2, -0.15) is 0 Å². The fraction of sp³-hybridized carbons (Fsp3) is 0.500. The fourth-order valence-corrected chi connectivity index (χ4v) is 5.37. The minimum atomic E-state index is -1.02. The number of aryl methyl sites for hydroxylation is 1. The summed E-state index contributed by atoms with van der Waals surface area (Å²) in [5, 5.41) is 11.8. The molecule has 0 bridgehead atoms. The summed E-state index contributed by atoms with van der Waals surface area (Å²) in [7, 11) is 0. The first-order valence-corrected chi connectivity index (χ1v) is 9.56. The van der Waals surface area contributed by atoms with Gasteiger partial charge in [0, 0.05) is 11.2 Å². The van der Waals surface area contributed by atoms with Crippen molar-refractivity contribution < 1.29 is 29.0 Å². The number of carbonyl (C=O) groups is 3. The molecule has 0 spiro atoms. The molecule has 8 nitrogen and oxygen atoms in total. The van der Waals surface area contributed by atoms with E-state index < -0.39 is 22.8 Å². The highest BCUT2D eigenvalue weighted by Crippen LogP contribution is 2.50. The van der Waals surface area contributed by atoms with Crippen molar-refractivity contribution in [3.8, 4) is 11.5 Å². The second kappa shape index (κ2) is 6.33. The van der Waals surface area contributed by atoms with Gasteiger partial charge >= 0.3 is 5.97 Å². The maximum Gasteiger partial charge on any atom is 0.327 e. The summed E-state index contributed by atoms with van der Waals surface area (Å²) in [5.74, 6) is -0.222. The third-order valence-corrected chi connectivity index (χ3v) is 6.64. The van der Waals surface area contributed by atoms with Gasteiger partial charge in [-0.25, -0.2) is 4.79 Å². The third kappa shape index (κ3) is 2.99. The van der Waals surface area contributed by atoms with E-state index in [0.29, 0.717) is 17.9 Å². The van der Waals surface area contributed by atoms with E-state index in [4.69, 9.17) is 9.47 Å². The van der Waals surface area contributed by atoms with Gasteiger partial charge in [-0.1, -0.05) is 6.07 Å². The maximum absolute atomic E-state index is 12.4. The number of β-lactam (4-membered cyclic amide) rings is 1. The molecule has 2 N–H and O–H groups in total. The summed E-state index contributed by atoms with van der Waals surface area (Å²) in [4.78, 5) is 37.6. The lowest BCUT2D eigenvalue weighted by Crippen LogP contribution is -2.70. The van der Waals surface area contributed by atoms with E-state index in [2.05, 4.69) is 5.32 Å². The molecule has 2 amide bonds. The van der Waals surface area contributed by atoms with Gasteiger partial charge in [0.1, 0.15) is 17.5 Å². The molecule has 3 atom stereocenters. The molecular weight excluding hydrogens is 372 g/mol. The Labute approximate surface area is 160 Å². The molecule has 2 fully saturated rings. The van der Waals surface area contributed by atoms with Crippen LogP contribution in [0.1, 0.15) is 25.8 Å². The number of aliphatic carboxylic acids is 1. The molecule has 1 aromatic rings. The molecule has 0 radical (unpaired) electrons. The standard InChI is InChI=1S/C18H20N2O6S/c1-18(2)14(17(23)24)20-15(22)13(16(20)27-18)19-12(21)6-4-9-3-5-10-11(7-9)26-8-25-10/h3,5,7,13-14,16H,4,6,8H2,1-2H3,(H,19,21)(H,23,24)/t13-,14+,16-/m1/s1. The molecule has 4 rings (SSSR count). The minimum Gasteiger partial charge on any atom is -0.480 e. The van der Waals surface area contributed by atoms with Gasteiger partial charge in [0.2, 0.25) is 18.6 Å². The smallest absolute Gasteiger partial charge is 0.327 e. The maximum atomic E-state index is 12.4. The van der Waals surface area contributed by atoms with E-state index in [9.17, 15) is 19.5 Å². The lowest BCUT2D eigenvalue weighted by molar-refractivity contribution is -0.161. The molecule has 1 aromatic carbocycles. The van der Waals surface area contributed by atoms with Crippen molar-refractivity contribution >= 4 is 29.5 Å². The molecule has 3 aliphatic rings. The zero-order valence-electron chi connectivity index (χ0n) is 14.9. The van der Waals surface area contributed by atoms with Crippen LogP contribution in [0.2, 0.25) is 0 Å². The number of carboxylic acids is 1.